The lowest BCUT2D eigenvalue weighted by molar-refractivity contribution is -0.123. The second-order valence-electron chi connectivity index (χ2n) is 4.86. The summed E-state index contributed by atoms with van der Waals surface area (Å²) < 4.78 is 14.0. The smallest absolute Gasteiger partial charge is 0.257 e. The predicted molar refractivity (Wildman–Crippen MR) is 79.1 cm³/mol. The molecule has 0 spiro atoms. The number of fused-ring (bicyclic) bond motifs is 1. The van der Waals surface area contributed by atoms with Gasteiger partial charge in [-0.25, -0.2) is 4.39 Å². The van der Waals surface area contributed by atoms with Crippen molar-refractivity contribution >= 4 is 23.0 Å². The van der Waals surface area contributed by atoms with Crippen LogP contribution in [0.2, 0.25) is 0 Å². The van der Waals surface area contributed by atoms with Crippen LogP contribution in [0.1, 0.15) is 18.6 Å². The zero-order valence-corrected chi connectivity index (χ0v) is 11.5. The second kappa shape index (κ2) is 5.18. The molecule has 0 aliphatic carbocycles. The summed E-state index contributed by atoms with van der Waals surface area (Å²) in [5, 5.41) is 12.3. The van der Waals surface area contributed by atoms with E-state index in [1.54, 1.807) is 36.4 Å². The Morgan fingerprint density at radius 3 is 2.76 bits per heavy atom. The molecule has 21 heavy (non-hydrogen) atoms. The number of carbonyl (C=O) groups excluding carboxylic acids is 1. The van der Waals surface area contributed by atoms with Gasteiger partial charge in [0.1, 0.15) is 5.82 Å². The average Bonchev–Trinajstić information content (AvgIpc) is 2.77. The number of hydrogen-bond acceptors (Lipinski definition) is 3. The lowest BCUT2D eigenvalue weighted by atomic mass is 10.1. The quantitative estimate of drug-likeness (QED) is 0.912. The van der Waals surface area contributed by atoms with Gasteiger partial charge in [-0.2, -0.15) is 0 Å². The van der Waals surface area contributed by atoms with Crippen molar-refractivity contribution in [3.63, 3.8) is 0 Å². The fraction of sp³-hybridized carbons (Fsp3) is 0.188. The minimum Gasteiger partial charge on any atom is -0.378 e. The van der Waals surface area contributed by atoms with E-state index in [0.29, 0.717) is 23.5 Å². The van der Waals surface area contributed by atoms with Gasteiger partial charge in [-0.3, -0.25) is 4.79 Å². The van der Waals surface area contributed by atoms with Crippen LogP contribution in [0.25, 0.3) is 0 Å². The van der Waals surface area contributed by atoms with E-state index in [-0.39, 0.29) is 5.82 Å². The van der Waals surface area contributed by atoms with E-state index >= 15 is 0 Å². The zero-order chi connectivity index (χ0) is 15.0. The van der Waals surface area contributed by atoms with Crippen molar-refractivity contribution in [3.05, 3.63) is 53.8 Å². The molecular weight excluding hydrogens is 271 g/mol. The van der Waals surface area contributed by atoms with Crippen LogP contribution in [0.4, 0.5) is 21.5 Å². The summed E-state index contributed by atoms with van der Waals surface area (Å²) >= 11 is 0. The highest BCUT2D eigenvalue weighted by molar-refractivity contribution is 6.02. The van der Waals surface area contributed by atoms with Crippen molar-refractivity contribution in [1.29, 1.82) is 0 Å². The number of para-hydroxylation sites is 1. The molecule has 1 heterocycles. The van der Waals surface area contributed by atoms with E-state index in [0.717, 1.165) is 5.69 Å². The lowest BCUT2D eigenvalue weighted by Crippen LogP contribution is -2.17. The molecule has 0 saturated carbocycles. The Morgan fingerprint density at radius 2 is 2.05 bits per heavy atom. The summed E-state index contributed by atoms with van der Waals surface area (Å²) in [4.78, 5) is 13.3. The Kier molecular flexibility index (Phi) is 3.35. The van der Waals surface area contributed by atoms with E-state index < -0.39 is 12.0 Å². The van der Waals surface area contributed by atoms with Crippen LogP contribution in [0.5, 0.6) is 0 Å². The van der Waals surface area contributed by atoms with Crippen LogP contribution in [0.15, 0.2) is 42.5 Å². The summed E-state index contributed by atoms with van der Waals surface area (Å²) in [5.41, 5.74) is 2.36. The summed E-state index contributed by atoms with van der Waals surface area (Å²) in [6, 6.07) is 11.8. The Hall–Kier alpha value is -2.40. The Morgan fingerprint density at radius 1 is 1.29 bits per heavy atom. The molecule has 1 atom stereocenters. The van der Waals surface area contributed by atoms with Crippen LogP contribution in [-0.4, -0.2) is 17.6 Å². The van der Waals surface area contributed by atoms with E-state index in [1.807, 2.05) is 11.8 Å². The number of nitrogens with zero attached hydrogens (tertiary/aromatic N) is 1. The van der Waals surface area contributed by atoms with E-state index in [1.165, 1.54) is 6.07 Å². The molecule has 1 unspecified atom stereocenters. The first kappa shape index (κ1) is 13.6. The van der Waals surface area contributed by atoms with Crippen molar-refractivity contribution in [2.75, 3.05) is 16.8 Å². The molecule has 0 bridgehead atoms. The molecule has 3 rings (SSSR count). The normalized spacial score (nSPS) is 16.5. The van der Waals surface area contributed by atoms with Gasteiger partial charge in [-0.15, -0.1) is 0 Å². The number of rotatable bonds is 3. The highest BCUT2D eigenvalue weighted by atomic mass is 19.1. The minimum absolute atomic E-state index is 0.302. The molecule has 1 amide bonds. The van der Waals surface area contributed by atoms with Gasteiger partial charge in [0.05, 0.1) is 5.69 Å². The largest absolute Gasteiger partial charge is 0.378 e. The van der Waals surface area contributed by atoms with Crippen molar-refractivity contribution in [3.8, 4) is 0 Å². The van der Waals surface area contributed by atoms with Crippen LogP contribution in [-0.2, 0) is 4.79 Å². The Balaban J connectivity index is 2.02. The maximum absolute atomic E-state index is 14.0. The number of nitrogens with one attached hydrogen (secondary N) is 1. The third-order valence-corrected chi connectivity index (χ3v) is 3.61. The first-order chi connectivity index (χ1) is 10.1. The molecule has 5 heteroatoms. The molecule has 0 saturated heterocycles. The fourth-order valence-corrected chi connectivity index (χ4v) is 2.56. The van der Waals surface area contributed by atoms with Crippen LogP contribution in [0.3, 0.4) is 0 Å². The van der Waals surface area contributed by atoms with Crippen LogP contribution in [0, 0.1) is 5.82 Å². The second-order valence-corrected chi connectivity index (χ2v) is 4.86. The fourth-order valence-electron chi connectivity index (χ4n) is 2.56. The number of carbonyl (C=O) groups is 1. The van der Waals surface area contributed by atoms with Gasteiger partial charge in [0.15, 0.2) is 6.10 Å². The maximum atomic E-state index is 14.0. The summed E-state index contributed by atoms with van der Waals surface area (Å²) in [6.07, 6.45) is -1.13. The van der Waals surface area contributed by atoms with E-state index in [2.05, 4.69) is 5.32 Å². The SMILES string of the molecule is CCN(c1ccc2c(c1)NC(=O)C2O)c1ccccc1F. The number of amides is 1. The molecule has 2 N–H and O–H groups in total. The molecule has 2 aromatic rings. The highest BCUT2D eigenvalue weighted by Crippen LogP contribution is 2.36. The van der Waals surface area contributed by atoms with Gasteiger partial charge in [-0.05, 0) is 31.2 Å². The van der Waals surface area contributed by atoms with Gasteiger partial charge in [0.25, 0.3) is 5.91 Å². The molecule has 1 aliphatic heterocycles. The Bertz CT molecular complexity index is 702. The topological polar surface area (TPSA) is 52.6 Å². The number of aliphatic hydroxyl groups is 1. The average molecular weight is 286 g/mol. The minimum atomic E-state index is -1.13. The number of halogens is 1. The summed E-state index contributed by atoms with van der Waals surface area (Å²) in [5.74, 6) is -0.736. The number of aliphatic hydroxyl groups excluding tert-OH is 1. The third kappa shape index (κ3) is 2.25. The third-order valence-electron chi connectivity index (χ3n) is 3.61. The summed E-state index contributed by atoms with van der Waals surface area (Å²) in [7, 11) is 0. The van der Waals surface area contributed by atoms with Gasteiger partial charge in [0.2, 0.25) is 0 Å². The van der Waals surface area contributed by atoms with Crippen molar-refractivity contribution in [1.82, 2.24) is 0 Å². The van der Waals surface area contributed by atoms with Crippen LogP contribution >= 0.6 is 0 Å². The monoisotopic (exact) mass is 286 g/mol. The molecule has 4 nitrogen and oxygen atoms in total. The first-order valence-corrected chi connectivity index (χ1v) is 6.76. The van der Waals surface area contributed by atoms with Gasteiger partial charge in [0, 0.05) is 23.5 Å². The van der Waals surface area contributed by atoms with Gasteiger partial charge < -0.3 is 15.3 Å². The van der Waals surface area contributed by atoms with Gasteiger partial charge >= 0.3 is 0 Å². The number of hydrogen-bond donors (Lipinski definition) is 2. The molecule has 0 fully saturated rings. The van der Waals surface area contributed by atoms with E-state index in [9.17, 15) is 14.3 Å². The van der Waals surface area contributed by atoms with Crippen molar-refractivity contribution in [2.45, 2.75) is 13.0 Å². The molecule has 0 aromatic heterocycles. The van der Waals surface area contributed by atoms with E-state index in [4.69, 9.17) is 0 Å². The lowest BCUT2D eigenvalue weighted by Gasteiger charge is -2.24. The van der Waals surface area contributed by atoms with Crippen molar-refractivity contribution < 1.29 is 14.3 Å². The van der Waals surface area contributed by atoms with Crippen LogP contribution < -0.4 is 10.2 Å². The zero-order valence-electron chi connectivity index (χ0n) is 11.5. The number of anilines is 3. The maximum Gasteiger partial charge on any atom is 0.257 e. The summed E-state index contributed by atoms with van der Waals surface area (Å²) in [6.45, 7) is 2.50. The molecule has 2 aromatic carbocycles. The number of benzene rings is 2. The molecular formula is C16H15FN2O2. The molecule has 1 aliphatic rings. The predicted octanol–water partition coefficient (Wildman–Crippen LogP) is 2.97. The van der Waals surface area contributed by atoms with Crippen molar-refractivity contribution in [2.24, 2.45) is 0 Å². The Labute approximate surface area is 121 Å². The molecule has 108 valence electrons. The standard InChI is InChI=1S/C16H15FN2O2/c1-2-19(14-6-4-3-5-12(14)17)10-7-8-11-13(9-10)18-16(21)15(11)20/h3-9,15,20H,2H2,1H3,(H,18,21). The van der Waals surface area contributed by atoms with Gasteiger partial charge in [-0.1, -0.05) is 18.2 Å². The first-order valence-electron chi connectivity index (χ1n) is 6.76. The highest BCUT2D eigenvalue weighted by Gasteiger charge is 2.29. The molecule has 0 radical (unpaired) electrons.